The minimum absolute atomic E-state index is 0.556. The van der Waals surface area contributed by atoms with Gasteiger partial charge in [-0.2, -0.15) is 0 Å². The summed E-state index contributed by atoms with van der Waals surface area (Å²) >= 11 is 1.85. The van der Waals surface area contributed by atoms with Crippen molar-refractivity contribution in [1.29, 1.82) is 0 Å². The van der Waals surface area contributed by atoms with E-state index in [-0.39, 0.29) is 0 Å². The Kier molecular flexibility index (Phi) is 4.92. The van der Waals surface area contributed by atoms with E-state index in [1.54, 1.807) is 0 Å². The summed E-state index contributed by atoms with van der Waals surface area (Å²) in [5.41, 5.74) is 2.47. The van der Waals surface area contributed by atoms with Crippen molar-refractivity contribution in [3.63, 3.8) is 0 Å². The van der Waals surface area contributed by atoms with E-state index in [1.165, 1.54) is 16.0 Å². The van der Waals surface area contributed by atoms with Crippen molar-refractivity contribution in [2.75, 3.05) is 0 Å². The molecule has 0 aromatic heterocycles. The van der Waals surface area contributed by atoms with E-state index in [0.29, 0.717) is 11.9 Å². The third kappa shape index (κ3) is 4.32. The van der Waals surface area contributed by atoms with Crippen LogP contribution in [0, 0.1) is 6.92 Å². The molecule has 0 radical (unpaired) electrons. The lowest BCUT2D eigenvalue weighted by atomic mass is 10.2. The summed E-state index contributed by atoms with van der Waals surface area (Å²) in [6.45, 7) is 7.14. The molecular formula is C17H20OS. The molecular weight excluding hydrogens is 252 g/mol. The molecule has 1 nitrogen and oxygen atoms in total. The van der Waals surface area contributed by atoms with Crippen LogP contribution in [0.4, 0.5) is 0 Å². The van der Waals surface area contributed by atoms with Gasteiger partial charge >= 0.3 is 0 Å². The van der Waals surface area contributed by atoms with Gasteiger partial charge in [0, 0.05) is 10.1 Å². The Bertz CT molecular complexity index is 520. The van der Waals surface area contributed by atoms with Crippen LogP contribution in [0.1, 0.15) is 25.0 Å². The Morgan fingerprint density at radius 2 is 1.79 bits per heavy atom. The smallest absolute Gasteiger partial charge is 0.133 e. The topological polar surface area (TPSA) is 9.23 Å². The number of ether oxygens (including phenoxy) is 1. The van der Waals surface area contributed by atoms with Crippen molar-refractivity contribution in [2.24, 2.45) is 0 Å². The summed E-state index contributed by atoms with van der Waals surface area (Å²) in [6, 6.07) is 16.6. The maximum atomic E-state index is 5.96. The van der Waals surface area contributed by atoms with Crippen LogP contribution in [0.5, 0.6) is 5.75 Å². The molecule has 2 heteroatoms. The number of thioether (sulfide) groups is 1. The molecule has 0 saturated carbocycles. The highest BCUT2D eigenvalue weighted by Crippen LogP contribution is 2.33. The molecule has 0 unspecified atom stereocenters. The Morgan fingerprint density at radius 1 is 1.05 bits per heavy atom. The molecule has 2 aromatic carbocycles. The number of rotatable bonds is 5. The van der Waals surface area contributed by atoms with Gasteiger partial charge in [0.1, 0.15) is 12.4 Å². The van der Waals surface area contributed by atoms with Crippen LogP contribution in [0.3, 0.4) is 0 Å². The molecule has 0 saturated heterocycles. The molecule has 0 fully saturated rings. The fourth-order valence-corrected chi connectivity index (χ4v) is 2.82. The van der Waals surface area contributed by atoms with Crippen LogP contribution in [0.25, 0.3) is 0 Å². The van der Waals surface area contributed by atoms with Gasteiger partial charge in [0.15, 0.2) is 0 Å². The summed E-state index contributed by atoms with van der Waals surface area (Å²) in [6.07, 6.45) is 0. The molecule has 0 aliphatic heterocycles. The Hall–Kier alpha value is -1.41. The number of aryl methyl sites for hydroxylation is 1. The van der Waals surface area contributed by atoms with Gasteiger partial charge in [-0.25, -0.2) is 0 Å². The molecule has 0 heterocycles. The second kappa shape index (κ2) is 6.67. The second-order valence-corrected chi connectivity index (χ2v) is 6.51. The fourth-order valence-electron chi connectivity index (χ4n) is 1.82. The minimum Gasteiger partial charge on any atom is -0.488 e. The van der Waals surface area contributed by atoms with E-state index in [0.717, 1.165) is 5.75 Å². The highest BCUT2D eigenvalue weighted by atomic mass is 32.2. The zero-order chi connectivity index (χ0) is 13.7. The zero-order valence-corrected chi connectivity index (χ0v) is 12.5. The molecule has 0 spiro atoms. The second-order valence-electron chi connectivity index (χ2n) is 4.89. The number of hydrogen-bond donors (Lipinski definition) is 0. The molecule has 100 valence electrons. The van der Waals surface area contributed by atoms with Gasteiger partial charge in [-0.05, 0) is 30.2 Å². The monoisotopic (exact) mass is 272 g/mol. The first kappa shape index (κ1) is 14.0. The minimum atomic E-state index is 0.556. The fraction of sp³-hybridized carbons (Fsp3) is 0.294. The van der Waals surface area contributed by atoms with E-state index in [1.807, 2.05) is 30.0 Å². The molecule has 0 aliphatic carbocycles. The highest BCUT2D eigenvalue weighted by molar-refractivity contribution is 8.00. The van der Waals surface area contributed by atoms with E-state index < -0.39 is 0 Å². The van der Waals surface area contributed by atoms with Crippen molar-refractivity contribution in [1.82, 2.24) is 0 Å². The van der Waals surface area contributed by atoms with Crippen molar-refractivity contribution in [3.05, 3.63) is 59.7 Å². The lowest BCUT2D eigenvalue weighted by molar-refractivity contribution is 0.299. The molecule has 19 heavy (non-hydrogen) atoms. The van der Waals surface area contributed by atoms with E-state index >= 15 is 0 Å². The molecule has 0 atom stereocenters. The summed E-state index contributed by atoms with van der Waals surface area (Å²) in [5, 5.41) is 0.556. The third-order valence-electron chi connectivity index (χ3n) is 2.70. The third-order valence-corrected chi connectivity index (χ3v) is 3.74. The number of hydrogen-bond acceptors (Lipinski definition) is 2. The molecule has 0 bridgehead atoms. The predicted octanol–water partition coefficient (Wildman–Crippen LogP) is 5.07. The molecule has 2 rings (SSSR count). The van der Waals surface area contributed by atoms with Crippen LogP contribution < -0.4 is 4.74 Å². The lowest BCUT2D eigenvalue weighted by Crippen LogP contribution is -1.98. The van der Waals surface area contributed by atoms with Crippen LogP contribution in [-0.4, -0.2) is 5.25 Å². The van der Waals surface area contributed by atoms with Crippen molar-refractivity contribution in [3.8, 4) is 5.75 Å². The first-order valence-electron chi connectivity index (χ1n) is 6.59. The van der Waals surface area contributed by atoms with Gasteiger partial charge in [0.05, 0.1) is 0 Å². The average Bonchev–Trinajstić information content (AvgIpc) is 2.38. The summed E-state index contributed by atoms with van der Waals surface area (Å²) in [5.74, 6) is 0.980. The average molecular weight is 272 g/mol. The summed E-state index contributed by atoms with van der Waals surface area (Å²) in [4.78, 5) is 1.23. The van der Waals surface area contributed by atoms with Crippen LogP contribution >= 0.6 is 11.8 Å². The summed E-state index contributed by atoms with van der Waals surface area (Å²) < 4.78 is 5.96. The van der Waals surface area contributed by atoms with Crippen molar-refractivity contribution >= 4 is 11.8 Å². The van der Waals surface area contributed by atoms with Crippen molar-refractivity contribution in [2.45, 2.75) is 37.5 Å². The molecule has 0 aliphatic rings. The SMILES string of the molecule is Cc1ccc(OCc2ccccc2)c(SC(C)C)c1. The molecule has 0 amide bonds. The largest absolute Gasteiger partial charge is 0.488 e. The predicted molar refractivity (Wildman–Crippen MR) is 82.9 cm³/mol. The van der Waals surface area contributed by atoms with Gasteiger partial charge in [-0.15, -0.1) is 11.8 Å². The highest BCUT2D eigenvalue weighted by Gasteiger charge is 2.07. The Labute approximate surface area is 120 Å². The lowest BCUT2D eigenvalue weighted by Gasteiger charge is -2.13. The standard InChI is InChI=1S/C17H20OS/c1-13(2)19-17-11-14(3)9-10-16(17)18-12-15-7-5-4-6-8-15/h4-11,13H,12H2,1-3H3. The molecule has 2 aromatic rings. The Morgan fingerprint density at radius 3 is 2.47 bits per heavy atom. The number of benzene rings is 2. The first-order valence-corrected chi connectivity index (χ1v) is 7.47. The van der Waals surface area contributed by atoms with Crippen molar-refractivity contribution < 1.29 is 4.74 Å². The maximum absolute atomic E-state index is 5.96. The van der Waals surface area contributed by atoms with E-state index in [4.69, 9.17) is 4.74 Å². The van der Waals surface area contributed by atoms with Crippen LogP contribution in [0.2, 0.25) is 0 Å². The van der Waals surface area contributed by atoms with Gasteiger partial charge < -0.3 is 4.74 Å². The van der Waals surface area contributed by atoms with Gasteiger partial charge in [-0.3, -0.25) is 0 Å². The quantitative estimate of drug-likeness (QED) is 0.702. The zero-order valence-electron chi connectivity index (χ0n) is 11.7. The van der Waals surface area contributed by atoms with Gasteiger partial charge in [0.25, 0.3) is 0 Å². The van der Waals surface area contributed by atoms with E-state index in [2.05, 4.69) is 51.1 Å². The van der Waals surface area contributed by atoms with Crippen LogP contribution in [-0.2, 0) is 6.61 Å². The summed E-state index contributed by atoms with van der Waals surface area (Å²) in [7, 11) is 0. The van der Waals surface area contributed by atoms with Gasteiger partial charge in [0.2, 0.25) is 0 Å². The van der Waals surface area contributed by atoms with E-state index in [9.17, 15) is 0 Å². The van der Waals surface area contributed by atoms with Crippen LogP contribution in [0.15, 0.2) is 53.4 Å². The molecule has 0 N–H and O–H groups in total. The van der Waals surface area contributed by atoms with Gasteiger partial charge in [-0.1, -0.05) is 50.2 Å². The Balaban J connectivity index is 2.11. The normalized spacial score (nSPS) is 10.7. The first-order chi connectivity index (χ1) is 9.15. The maximum Gasteiger partial charge on any atom is 0.133 e.